The lowest BCUT2D eigenvalue weighted by Gasteiger charge is -2.28. The number of carbonyl (C=O) groups is 2. The summed E-state index contributed by atoms with van der Waals surface area (Å²) in [6, 6.07) is -0.0791. The van der Waals surface area contributed by atoms with Crippen molar-refractivity contribution in [2.75, 3.05) is 52.5 Å². The van der Waals surface area contributed by atoms with Crippen molar-refractivity contribution in [3.63, 3.8) is 0 Å². The summed E-state index contributed by atoms with van der Waals surface area (Å²) in [7, 11) is 0. The third-order valence-corrected chi connectivity index (χ3v) is 5.39. The average molecular weight is 375 g/mol. The fraction of sp³-hybridized carbons (Fsp3) is 0.667. The smallest absolute Gasteiger partial charge is 0.410 e. The standard InChI is InChI=1S/C18H25N5O4/c1-13-9-20-14(10-19-13)17(24)22-11-15-16(12-22)27-18(25)23(15)4-2-3-21-5-7-26-8-6-21/h9-10,15-16H,2-8,11-12H2,1H3/t15-,16+/m0/s1. The van der Waals surface area contributed by atoms with Crippen molar-refractivity contribution in [3.8, 4) is 0 Å². The topological polar surface area (TPSA) is 88.1 Å². The number of morpholine rings is 1. The molecule has 3 saturated heterocycles. The number of nitrogens with zero attached hydrogens (tertiary/aromatic N) is 5. The quantitative estimate of drug-likeness (QED) is 0.724. The molecule has 0 aliphatic carbocycles. The first kappa shape index (κ1) is 18.1. The van der Waals surface area contributed by atoms with E-state index in [4.69, 9.17) is 9.47 Å². The van der Waals surface area contributed by atoms with E-state index >= 15 is 0 Å². The van der Waals surface area contributed by atoms with Gasteiger partial charge in [-0.05, 0) is 13.3 Å². The van der Waals surface area contributed by atoms with Crippen LogP contribution in [0.25, 0.3) is 0 Å². The lowest BCUT2D eigenvalue weighted by atomic mass is 10.2. The van der Waals surface area contributed by atoms with Crippen LogP contribution < -0.4 is 0 Å². The van der Waals surface area contributed by atoms with Crippen LogP contribution in [0.5, 0.6) is 0 Å². The summed E-state index contributed by atoms with van der Waals surface area (Å²) in [6.45, 7) is 7.72. The van der Waals surface area contributed by atoms with Crippen LogP contribution in [-0.2, 0) is 9.47 Å². The maximum atomic E-state index is 12.6. The van der Waals surface area contributed by atoms with Gasteiger partial charge < -0.3 is 14.4 Å². The lowest BCUT2D eigenvalue weighted by molar-refractivity contribution is 0.0362. The minimum Gasteiger partial charge on any atom is -0.442 e. The molecule has 3 fully saturated rings. The van der Waals surface area contributed by atoms with E-state index in [2.05, 4.69) is 14.9 Å². The molecule has 9 heteroatoms. The van der Waals surface area contributed by atoms with Crippen LogP contribution in [-0.4, -0.2) is 101 Å². The largest absolute Gasteiger partial charge is 0.442 e. The highest BCUT2D eigenvalue weighted by atomic mass is 16.6. The minimum absolute atomic E-state index is 0.0791. The van der Waals surface area contributed by atoms with Gasteiger partial charge in [-0.1, -0.05) is 0 Å². The molecule has 146 valence electrons. The van der Waals surface area contributed by atoms with Crippen LogP contribution >= 0.6 is 0 Å². The zero-order valence-corrected chi connectivity index (χ0v) is 15.5. The molecule has 3 aliphatic heterocycles. The highest BCUT2D eigenvalue weighted by Crippen LogP contribution is 2.27. The number of carbonyl (C=O) groups excluding carboxylic acids is 2. The normalized spacial score (nSPS) is 25.6. The van der Waals surface area contributed by atoms with Crippen molar-refractivity contribution in [1.29, 1.82) is 0 Å². The van der Waals surface area contributed by atoms with Gasteiger partial charge in [-0.25, -0.2) is 9.78 Å². The van der Waals surface area contributed by atoms with E-state index in [1.807, 2.05) is 6.92 Å². The molecule has 3 aliphatic rings. The Morgan fingerprint density at radius 3 is 2.74 bits per heavy atom. The minimum atomic E-state index is -0.269. The second-order valence-electron chi connectivity index (χ2n) is 7.24. The molecule has 0 radical (unpaired) electrons. The van der Waals surface area contributed by atoms with E-state index in [1.165, 1.54) is 6.20 Å². The van der Waals surface area contributed by atoms with Gasteiger partial charge in [0.1, 0.15) is 11.8 Å². The zero-order valence-electron chi connectivity index (χ0n) is 15.5. The molecule has 9 nitrogen and oxygen atoms in total. The first-order valence-electron chi connectivity index (χ1n) is 9.47. The van der Waals surface area contributed by atoms with Gasteiger partial charge in [0.05, 0.1) is 37.7 Å². The van der Waals surface area contributed by atoms with Crippen molar-refractivity contribution in [2.24, 2.45) is 0 Å². The van der Waals surface area contributed by atoms with Crippen molar-refractivity contribution in [1.82, 2.24) is 24.7 Å². The summed E-state index contributed by atoms with van der Waals surface area (Å²) in [6.07, 6.45) is 3.44. The number of ether oxygens (including phenoxy) is 2. The van der Waals surface area contributed by atoms with E-state index < -0.39 is 0 Å². The molecule has 2 amide bonds. The number of likely N-dealkylation sites (tertiary alicyclic amines) is 1. The summed E-state index contributed by atoms with van der Waals surface area (Å²) in [5.41, 5.74) is 1.09. The van der Waals surface area contributed by atoms with Crippen LogP contribution in [0.3, 0.4) is 0 Å². The van der Waals surface area contributed by atoms with E-state index in [9.17, 15) is 9.59 Å². The number of amides is 2. The van der Waals surface area contributed by atoms with Gasteiger partial charge >= 0.3 is 6.09 Å². The molecule has 1 aromatic heterocycles. The summed E-state index contributed by atoms with van der Waals surface area (Å²) in [5.74, 6) is -0.166. The van der Waals surface area contributed by atoms with Crippen LogP contribution in [0.4, 0.5) is 4.79 Å². The molecular formula is C18H25N5O4. The fourth-order valence-corrected chi connectivity index (χ4v) is 3.88. The van der Waals surface area contributed by atoms with E-state index in [1.54, 1.807) is 16.0 Å². The molecule has 1 aromatic rings. The molecular weight excluding hydrogens is 350 g/mol. The number of aromatic nitrogens is 2. The highest BCUT2D eigenvalue weighted by molar-refractivity contribution is 5.92. The number of hydrogen-bond acceptors (Lipinski definition) is 7. The zero-order chi connectivity index (χ0) is 18.8. The summed E-state index contributed by atoms with van der Waals surface area (Å²) < 4.78 is 10.9. The lowest BCUT2D eigenvalue weighted by Crippen LogP contribution is -2.42. The third kappa shape index (κ3) is 3.89. The van der Waals surface area contributed by atoms with Gasteiger partial charge in [0.25, 0.3) is 5.91 Å². The van der Waals surface area contributed by atoms with Crippen molar-refractivity contribution in [2.45, 2.75) is 25.5 Å². The molecule has 2 atom stereocenters. The average Bonchev–Trinajstić information content (AvgIpc) is 3.21. The Hall–Kier alpha value is -2.26. The Kier molecular flexibility index (Phi) is 5.22. The Labute approximate surface area is 158 Å². The van der Waals surface area contributed by atoms with Crippen molar-refractivity contribution in [3.05, 3.63) is 23.8 Å². The maximum Gasteiger partial charge on any atom is 0.410 e. The summed E-state index contributed by atoms with van der Waals surface area (Å²) >= 11 is 0. The van der Waals surface area contributed by atoms with Gasteiger partial charge in [0, 0.05) is 38.9 Å². The molecule has 0 N–H and O–H groups in total. The maximum absolute atomic E-state index is 12.6. The third-order valence-electron chi connectivity index (χ3n) is 5.39. The fourth-order valence-electron chi connectivity index (χ4n) is 3.88. The summed E-state index contributed by atoms with van der Waals surface area (Å²) in [5, 5.41) is 0. The number of hydrogen-bond donors (Lipinski definition) is 0. The second kappa shape index (κ2) is 7.77. The predicted molar refractivity (Wildman–Crippen MR) is 95.3 cm³/mol. The monoisotopic (exact) mass is 375 g/mol. The second-order valence-corrected chi connectivity index (χ2v) is 7.24. The molecule has 27 heavy (non-hydrogen) atoms. The van der Waals surface area contributed by atoms with Gasteiger partial charge in [-0.3, -0.25) is 19.6 Å². The van der Waals surface area contributed by atoms with Gasteiger partial charge in [-0.2, -0.15) is 0 Å². The number of aryl methyl sites for hydroxylation is 1. The van der Waals surface area contributed by atoms with Crippen molar-refractivity contribution >= 4 is 12.0 Å². The SMILES string of the molecule is Cc1cnc(C(=O)N2C[C@H]3OC(=O)N(CCCN4CCOCC4)[C@H]3C2)cn1. The number of rotatable bonds is 5. The molecule has 4 rings (SSSR count). The summed E-state index contributed by atoms with van der Waals surface area (Å²) in [4.78, 5) is 39.0. The van der Waals surface area contributed by atoms with E-state index in [-0.39, 0.29) is 24.1 Å². The molecule has 0 bridgehead atoms. The Balaban J connectivity index is 1.32. The van der Waals surface area contributed by atoms with Crippen LogP contribution in [0.15, 0.2) is 12.4 Å². The Morgan fingerprint density at radius 2 is 2.00 bits per heavy atom. The van der Waals surface area contributed by atoms with E-state index in [0.29, 0.717) is 25.3 Å². The first-order valence-corrected chi connectivity index (χ1v) is 9.47. The molecule has 0 aromatic carbocycles. The molecule has 0 saturated carbocycles. The molecule has 0 unspecified atom stereocenters. The van der Waals surface area contributed by atoms with Crippen molar-refractivity contribution < 1.29 is 19.1 Å². The van der Waals surface area contributed by atoms with Gasteiger partial charge in [-0.15, -0.1) is 0 Å². The highest BCUT2D eigenvalue weighted by Gasteiger charge is 2.48. The molecule has 0 spiro atoms. The molecule has 4 heterocycles. The first-order chi connectivity index (χ1) is 13.1. The van der Waals surface area contributed by atoms with Crippen LogP contribution in [0.2, 0.25) is 0 Å². The number of fused-ring (bicyclic) bond motifs is 1. The Morgan fingerprint density at radius 1 is 1.19 bits per heavy atom. The Bertz CT molecular complexity index is 691. The van der Waals surface area contributed by atoms with Gasteiger partial charge in [0.2, 0.25) is 0 Å². The van der Waals surface area contributed by atoms with E-state index in [0.717, 1.165) is 45.0 Å². The van der Waals surface area contributed by atoms with Crippen LogP contribution in [0, 0.1) is 6.92 Å². The van der Waals surface area contributed by atoms with Crippen LogP contribution in [0.1, 0.15) is 22.6 Å². The predicted octanol–water partition coefficient (Wildman–Crippen LogP) is 0.153. The van der Waals surface area contributed by atoms with Gasteiger partial charge in [0.15, 0.2) is 0 Å².